The van der Waals surface area contributed by atoms with Crippen LogP contribution in [-0.4, -0.2) is 42.8 Å². The summed E-state index contributed by atoms with van der Waals surface area (Å²) >= 11 is 0. The lowest BCUT2D eigenvalue weighted by Crippen LogP contribution is -2.39. The van der Waals surface area contributed by atoms with Crippen molar-refractivity contribution in [2.75, 3.05) is 26.0 Å². The average molecular weight is 357 g/mol. The Kier molecular flexibility index (Phi) is 6.11. The van der Waals surface area contributed by atoms with E-state index in [2.05, 4.69) is 26.1 Å². The summed E-state index contributed by atoms with van der Waals surface area (Å²) in [4.78, 5) is 23.5. The molecule has 0 fully saturated rings. The smallest absolute Gasteiger partial charge is 0.320 e. The maximum atomic E-state index is 12.1. The highest BCUT2D eigenvalue weighted by Crippen LogP contribution is 2.24. The lowest BCUT2D eigenvalue weighted by molar-refractivity contribution is 0.0957. The van der Waals surface area contributed by atoms with Crippen LogP contribution < -0.4 is 20.7 Å². The first kappa shape index (κ1) is 19.2. The molecule has 0 saturated carbocycles. The quantitative estimate of drug-likeness (QED) is 0.733. The van der Waals surface area contributed by atoms with Gasteiger partial charge in [0, 0.05) is 19.0 Å². The van der Waals surface area contributed by atoms with E-state index in [-0.39, 0.29) is 22.8 Å². The Labute approximate surface area is 152 Å². The van der Waals surface area contributed by atoms with Crippen LogP contribution in [0.3, 0.4) is 0 Å². The Morgan fingerprint density at radius 2 is 1.77 bits per heavy atom. The fourth-order valence-electron chi connectivity index (χ4n) is 2.25. The number of aromatic nitrogens is 2. The number of ether oxygens (including phenoxy) is 1. The third-order valence-corrected chi connectivity index (χ3v) is 3.93. The normalized spacial score (nSPS) is 10.8. The zero-order chi connectivity index (χ0) is 19.2. The van der Waals surface area contributed by atoms with E-state index in [9.17, 15) is 9.59 Å². The van der Waals surface area contributed by atoms with E-state index in [4.69, 9.17) is 4.74 Å². The fourth-order valence-corrected chi connectivity index (χ4v) is 2.25. The molecule has 8 nitrogen and oxygen atoms in total. The number of methoxy groups -OCH3 is 1. The largest absolute Gasteiger partial charge is 0.497 e. The van der Waals surface area contributed by atoms with E-state index < -0.39 is 6.03 Å². The predicted molar refractivity (Wildman–Crippen MR) is 98.5 cm³/mol. The van der Waals surface area contributed by atoms with Gasteiger partial charge in [0.25, 0.3) is 5.91 Å². The zero-order valence-corrected chi connectivity index (χ0v) is 15.3. The molecule has 1 heterocycles. The van der Waals surface area contributed by atoms with E-state index in [1.165, 1.54) is 19.2 Å². The number of carbonyl (C=O) groups is 2. The molecule has 1 aromatic carbocycles. The molecule has 0 aliphatic carbocycles. The van der Waals surface area contributed by atoms with Crippen molar-refractivity contribution < 1.29 is 14.3 Å². The molecular weight excluding hydrogens is 334 g/mol. The number of nitrogens with zero attached hydrogens (tertiary/aromatic N) is 2. The van der Waals surface area contributed by atoms with Crippen molar-refractivity contribution in [3.8, 4) is 5.75 Å². The number of anilines is 1. The molecule has 0 radical (unpaired) electrons. The number of carbonyl (C=O) groups excluding carboxylic acids is 2. The van der Waals surface area contributed by atoms with E-state index in [1.54, 1.807) is 7.11 Å². The topological polar surface area (TPSA) is 105 Å². The van der Waals surface area contributed by atoms with Gasteiger partial charge < -0.3 is 15.4 Å². The van der Waals surface area contributed by atoms with Crippen molar-refractivity contribution in [1.82, 2.24) is 20.8 Å². The van der Waals surface area contributed by atoms with Crippen LogP contribution in [0, 0.1) is 0 Å². The molecule has 8 heteroatoms. The third kappa shape index (κ3) is 4.92. The Morgan fingerprint density at radius 1 is 1.08 bits per heavy atom. The van der Waals surface area contributed by atoms with E-state index >= 15 is 0 Å². The summed E-state index contributed by atoms with van der Waals surface area (Å²) in [5.41, 5.74) is 0.991. The van der Waals surface area contributed by atoms with Crippen LogP contribution in [0.15, 0.2) is 36.4 Å². The molecule has 26 heavy (non-hydrogen) atoms. The molecule has 2 rings (SSSR count). The van der Waals surface area contributed by atoms with Crippen LogP contribution in [0.1, 0.15) is 29.9 Å². The van der Waals surface area contributed by atoms with Gasteiger partial charge in [-0.05, 0) is 29.8 Å². The van der Waals surface area contributed by atoms with Crippen molar-refractivity contribution >= 4 is 17.8 Å². The molecule has 2 aromatic rings. The molecule has 0 bridgehead atoms. The van der Waals surface area contributed by atoms with E-state index in [1.807, 2.05) is 38.1 Å². The maximum absolute atomic E-state index is 12.1. The summed E-state index contributed by atoms with van der Waals surface area (Å²) in [7, 11) is 3.13. The molecule has 0 saturated heterocycles. The number of amides is 3. The molecule has 1 aromatic heterocycles. The fraction of sp³-hybridized carbons (Fsp3) is 0.333. The van der Waals surface area contributed by atoms with Crippen LogP contribution in [-0.2, 0) is 5.41 Å². The second kappa shape index (κ2) is 8.28. The summed E-state index contributed by atoms with van der Waals surface area (Å²) in [6, 6.07) is 10.3. The minimum absolute atomic E-state index is 0.180. The van der Waals surface area contributed by atoms with Gasteiger partial charge in [-0.15, -0.1) is 10.2 Å². The van der Waals surface area contributed by atoms with Crippen molar-refractivity contribution in [2.24, 2.45) is 0 Å². The number of hydrogen-bond donors (Lipinski definition) is 3. The number of benzene rings is 1. The van der Waals surface area contributed by atoms with Gasteiger partial charge in [-0.1, -0.05) is 26.0 Å². The highest BCUT2D eigenvalue weighted by atomic mass is 16.5. The molecular formula is C18H23N5O3. The second-order valence-electron chi connectivity index (χ2n) is 6.30. The first-order valence-corrected chi connectivity index (χ1v) is 8.11. The van der Waals surface area contributed by atoms with Gasteiger partial charge in [-0.3, -0.25) is 10.1 Å². The Balaban J connectivity index is 1.91. The lowest BCUT2D eigenvalue weighted by atomic mass is 9.84. The standard InChI is InChI=1S/C18H23N5O3/c1-18(2,12-5-7-13(26-4)8-6-12)11-20-17(25)21-15-10-9-14(22-23-15)16(24)19-3/h5-10H,11H2,1-4H3,(H,19,24)(H2,20,21,23,25). The number of rotatable bonds is 6. The number of nitrogens with one attached hydrogen (secondary N) is 3. The highest BCUT2D eigenvalue weighted by molar-refractivity contribution is 5.92. The zero-order valence-electron chi connectivity index (χ0n) is 15.3. The molecule has 3 N–H and O–H groups in total. The maximum Gasteiger partial charge on any atom is 0.320 e. The second-order valence-corrected chi connectivity index (χ2v) is 6.30. The molecule has 0 spiro atoms. The molecule has 0 atom stereocenters. The lowest BCUT2D eigenvalue weighted by Gasteiger charge is -2.25. The summed E-state index contributed by atoms with van der Waals surface area (Å²) < 4.78 is 5.16. The van der Waals surface area contributed by atoms with Crippen LogP contribution in [0.4, 0.5) is 10.6 Å². The Morgan fingerprint density at radius 3 is 2.31 bits per heavy atom. The van der Waals surface area contributed by atoms with Gasteiger partial charge in [-0.25, -0.2) is 4.79 Å². The number of urea groups is 1. The first-order chi connectivity index (χ1) is 12.4. The first-order valence-electron chi connectivity index (χ1n) is 8.11. The van der Waals surface area contributed by atoms with E-state index in [0.717, 1.165) is 11.3 Å². The Bertz CT molecular complexity index is 757. The minimum Gasteiger partial charge on any atom is -0.497 e. The number of hydrogen-bond acceptors (Lipinski definition) is 5. The van der Waals surface area contributed by atoms with Crippen LogP contribution in [0.2, 0.25) is 0 Å². The molecule has 138 valence electrons. The van der Waals surface area contributed by atoms with Gasteiger partial charge in [0.2, 0.25) is 0 Å². The van der Waals surface area contributed by atoms with Crippen molar-refractivity contribution in [1.29, 1.82) is 0 Å². The SMILES string of the molecule is CNC(=O)c1ccc(NC(=O)NCC(C)(C)c2ccc(OC)cc2)nn1. The minimum atomic E-state index is -0.395. The molecule has 3 amide bonds. The summed E-state index contributed by atoms with van der Waals surface area (Å²) in [5.74, 6) is 0.709. The highest BCUT2D eigenvalue weighted by Gasteiger charge is 2.21. The van der Waals surface area contributed by atoms with Crippen LogP contribution in [0.25, 0.3) is 0 Å². The molecule has 0 aliphatic rings. The summed E-state index contributed by atoms with van der Waals surface area (Å²) in [5, 5.41) is 15.4. The third-order valence-electron chi connectivity index (χ3n) is 3.93. The average Bonchev–Trinajstić information content (AvgIpc) is 2.66. The van der Waals surface area contributed by atoms with Gasteiger partial charge in [0.1, 0.15) is 5.75 Å². The van der Waals surface area contributed by atoms with Crippen LogP contribution >= 0.6 is 0 Å². The molecule has 0 unspecified atom stereocenters. The monoisotopic (exact) mass is 357 g/mol. The summed E-state index contributed by atoms with van der Waals surface area (Å²) in [6.45, 7) is 4.50. The molecule has 0 aliphatic heterocycles. The van der Waals surface area contributed by atoms with Gasteiger partial charge in [0.05, 0.1) is 7.11 Å². The van der Waals surface area contributed by atoms with Gasteiger partial charge in [0.15, 0.2) is 11.5 Å². The predicted octanol–water partition coefficient (Wildman–Crippen LogP) is 1.94. The van der Waals surface area contributed by atoms with Crippen molar-refractivity contribution in [3.05, 3.63) is 47.7 Å². The summed E-state index contributed by atoms with van der Waals surface area (Å²) in [6.07, 6.45) is 0. The van der Waals surface area contributed by atoms with Crippen LogP contribution in [0.5, 0.6) is 5.75 Å². The van der Waals surface area contributed by atoms with Gasteiger partial charge in [-0.2, -0.15) is 0 Å². The van der Waals surface area contributed by atoms with Gasteiger partial charge >= 0.3 is 6.03 Å². The van der Waals surface area contributed by atoms with E-state index in [0.29, 0.717) is 6.54 Å². The van der Waals surface area contributed by atoms with Crippen molar-refractivity contribution in [2.45, 2.75) is 19.3 Å². The Hall–Kier alpha value is -3.16. The van der Waals surface area contributed by atoms with Crippen molar-refractivity contribution in [3.63, 3.8) is 0 Å².